The van der Waals surface area contributed by atoms with Crippen LogP contribution in [0.3, 0.4) is 0 Å². The number of nitrogens with zero attached hydrogens (tertiary/aromatic N) is 5. The fourth-order valence-electron chi connectivity index (χ4n) is 2.93. The van der Waals surface area contributed by atoms with Crippen LogP contribution in [0, 0.1) is 0 Å². The molecule has 0 aliphatic carbocycles. The van der Waals surface area contributed by atoms with Crippen molar-refractivity contribution in [3.8, 4) is 11.5 Å². The van der Waals surface area contributed by atoms with E-state index in [1.807, 2.05) is 24.4 Å². The highest BCUT2D eigenvalue weighted by Crippen LogP contribution is 2.29. The maximum absolute atomic E-state index is 5.85. The maximum atomic E-state index is 5.85. The molecule has 0 unspecified atom stereocenters. The van der Waals surface area contributed by atoms with Crippen LogP contribution in [0.2, 0.25) is 0 Å². The Kier molecular flexibility index (Phi) is 3.81. The Morgan fingerprint density at radius 3 is 2.74 bits per heavy atom. The zero-order valence-electron chi connectivity index (χ0n) is 12.7. The first-order valence-corrected chi connectivity index (χ1v) is 7.73. The van der Waals surface area contributed by atoms with E-state index in [1.54, 1.807) is 18.6 Å². The average molecular weight is 307 g/mol. The minimum Gasteiger partial charge on any atom is -0.420 e. The normalized spacial score (nSPS) is 18.3. The molecule has 6 heteroatoms. The predicted octanol–water partition coefficient (Wildman–Crippen LogP) is 2.52. The van der Waals surface area contributed by atoms with Crippen LogP contribution in [-0.4, -0.2) is 38.2 Å². The van der Waals surface area contributed by atoms with Gasteiger partial charge in [0.25, 0.3) is 0 Å². The van der Waals surface area contributed by atoms with Crippen LogP contribution in [0.25, 0.3) is 11.5 Å². The molecule has 0 aromatic carbocycles. The second kappa shape index (κ2) is 6.26. The summed E-state index contributed by atoms with van der Waals surface area (Å²) in [5.74, 6) is 1.56. The van der Waals surface area contributed by atoms with E-state index in [4.69, 9.17) is 4.42 Å². The van der Waals surface area contributed by atoms with Crippen molar-refractivity contribution in [2.45, 2.75) is 18.9 Å². The molecule has 6 nitrogen and oxygen atoms in total. The van der Waals surface area contributed by atoms with Crippen molar-refractivity contribution >= 4 is 0 Å². The third-order valence-electron chi connectivity index (χ3n) is 4.10. The van der Waals surface area contributed by atoms with E-state index < -0.39 is 0 Å². The number of rotatable bonds is 4. The molecule has 1 saturated heterocycles. The van der Waals surface area contributed by atoms with Crippen LogP contribution in [0.15, 0.2) is 53.5 Å². The number of hydrogen-bond acceptors (Lipinski definition) is 6. The fraction of sp³-hybridized carbons (Fsp3) is 0.294. The summed E-state index contributed by atoms with van der Waals surface area (Å²) >= 11 is 0. The SMILES string of the molecule is c1cncc(CN2CC[C@H](c3nnc(-c4cccnc4)o3)C2)c1. The monoisotopic (exact) mass is 307 g/mol. The van der Waals surface area contributed by atoms with Crippen LogP contribution < -0.4 is 0 Å². The van der Waals surface area contributed by atoms with Gasteiger partial charge < -0.3 is 4.42 Å². The first-order valence-electron chi connectivity index (χ1n) is 7.73. The van der Waals surface area contributed by atoms with Gasteiger partial charge in [0, 0.05) is 37.9 Å². The third-order valence-corrected chi connectivity index (χ3v) is 4.10. The molecule has 23 heavy (non-hydrogen) atoms. The number of pyridine rings is 2. The Morgan fingerprint density at radius 1 is 1.09 bits per heavy atom. The van der Waals surface area contributed by atoms with Gasteiger partial charge in [0.1, 0.15) is 0 Å². The van der Waals surface area contributed by atoms with E-state index in [9.17, 15) is 0 Å². The molecule has 0 spiro atoms. The lowest BCUT2D eigenvalue weighted by molar-refractivity contribution is 0.320. The molecule has 4 rings (SSSR count). The van der Waals surface area contributed by atoms with Crippen LogP contribution in [0.4, 0.5) is 0 Å². The van der Waals surface area contributed by atoms with Gasteiger partial charge in [-0.05, 0) is 36.7 Å². The molecule has 3 aromatic heterocycles. The lowest BCUT2D eigenvalue weighted by Gasteiger charge is -2.14. The van der Waals surface area contributed by atoms with E-state index in [-0.39, 0.29) is 0 Å². The summed E-state index contributed by atoms with van der Waals surface area (Å²) < 4.78 is 5.85. The van der Waals surface area contributed by atoms with Crippen molar-refractivity contribution in [3.05, 3.63) is 60.5 Å². The number of aromatic nitrogens is 4. The van der Waals surface area contributed by atoms with Gasteiger partial charge in [0.2, 0.25) is 11.8 Å². The quantitative estimate of drug-likeness (QED) is 0.738. The van der Waals surface area contributed by atoms with Crippen molar-refractivity contribution < 1.29 is 4.42 Å². The zero-order chi connectivity index (χ0) is 15.5. The van der Waals surface area contributed by atoms with Crippen LogP contribution in [0.1, 0.15) is 23.8 Å². The van der Waals surface area contributed by atoms with Crippen molar-refractivity contribution in [2.75, 3.05) is 13.1 Å². The molecule has 0 amide bonds. The maximum Gasteiger partial charge on any atom is 0.249 e. The molecular weight excluding hydrogens is 290 g/mol. The van der Waals surface area contributed by atoms with E-state index in [0.29, 0.717) is 11.8 Å². The van der Waals surface area contributed by atoms with Gasteiger partial charge in [-0.3, -0.25) is 14.9 Å². The lowest BCUT2D eigenvalue weighted by Crippen LogP contribution is -2.19. The van der Waals surface area contributed by atoms with Gasteiger partial charge in [0.05, 0.1) is 11.5 Å². The summed E-state index contributed by atoms with van der Waals surface area (Å²) in [6.45, 7) is 2.88. The summed E-state index contributed by atoms with van der Waals surface area (Å²) in [6, 6.07) is 7.87. The second-order valence-electron chi connectivity index (χ2n) is 5.77. The summed E-state index contributed by atoms with van der Waals surface area (Å²) in [6.07, 6.45) is 8.22. The predicted molar refractivity (Wildman–Crippen MR) is 84.4 cm³/mol. The largest absolute Gasteiger partial charge is 0.420 e. The first-order chi connectivity index (χ1) is 11.4. The van der Waals surface area contributed by atoms with Crippen LogP contribution >= 0.6 is 0 Å². The smallest absolute Gasteiger partial charge is 0.249 e. The molecule has 1 fully saturated rings. The van der Waals surface area contributed by atoms with Crippen molar-refractivity contribution in [1.82, 2.24) is 25.1 Å². The molecule has 1 aliphatic rings. The summed E-state index contributed by atoms with van der Waals surface area (Å²) in [5, 5.41) is 8.39. The van der Waals surface area contributed by atoms with Crippen LogP contribution in [-0.2, 0) is 6.54 Å². The Morgan fingerprint density at radius 2 is 1.96 bits per heavy atom. The highest BCUT2D eigenvalue weighted by molar-refractivity contribution is 5.50. The van der Waals surface area contributed by atoms with Gasteiger partial charge >= 0.3 is 0 Å². The molecule has 1 atom stereocenters. The van der Waals surface area contributed by atoms with E-state index in [1.165, 1.54) is 5.56 Å². The minimum absolute atomic E-state index is 0.296. The average Bonchev–Trinajstić information content (AvgIpc) is 3.26. The fourth-order valence-corrected chi connectivity index (χ4v) is 2.93. The van der Waals surface area contributed by atoms with Gasteiger partial charge in [-0.1, -0.05) is 6.07 Å². The van der Waals surface area contributed by atoms with E-state index in [0.717, 1.165) is 37.5 Å². The zero-order valence-corrected chi connectivity index (χ0v) is 12.7. The topological polar surface area (TPSA) is 67.9 Å². The molecule has 4 heterocycles. The molecule has 1 aliphatic heterocycles. The Balaban J connectivity index is 1.43. The first kappa shape index (κ1) is 14.0. The molecule has 116 valence electrons. The molecule has 0 saturated carbocycles. The standard InChI is InChI=1S/C17H17N5O/c1-3-13(9-18-6-1)11-22-8-5-15(12-22)17-21-20-16(23-17)14-4-2-7-19-10-14/h1-4,6-7,9-10,15H,5,8,11-12H2/t15-/m0/s1. The Bertz CT molecular complexity index is 759. The van der Waals surface area contributed by atoms with Crippen molar-refractivity contribution in [2.24, 2.45) is 0 Å². The lowest BCUT2D eigenvalue weighted by atomic mass is 10.1. The van der Waals surface area contributed by atoms with Gasteiger partial charge in [-0.15, -0.1) is 10.2 Å². The molecule has 0 bridgehead atoms. The molecule has 3 aromatic rings. The number of hydrogen-bond donors (Lipinski definition) is 0. The van der Waals surface area contributed by atoms with Crippen molar-refractivity contribution in [1.29, 1.82) is 0 Å². The summed E-state index contributed by atoms with van der Waals surface area (Å²) in [5.41, 5.74) is 2.09. The van der Waals surface area contributed by atoms with E-state index >= 15 is 0 Å². The van der Waals surface area contributed by atoms with Crippen molar-refractivity contribution in [3.63, 3.8) is 0 Å². The summed E-state index contributed by atoms with van der Waals surface area (Å²) in [4.78, 5) is 10.7. The molecular formula is C17H17N5O. The van der Waals surface area contributed by atoms with Crippen LogP contribution in [0.5, 0.6) is 0 Å². The second-order valence-corrected chi connectivity index (χ2v) is 5.77. The van der Waals surface area contributed by atoms with E-state index in [2.05, 4.69) is 31.1 Å². The molecule has 0 radical (unpaired) electrons. The van der Waals surface area contributed by atoms with Gasteiger partial charge in [-0.2, -0.15) is 0 Å². The highest BCUT2D eigenvalue weighted by Gasteiger charge is 2.28. The summed E-state index contributed by atoms with van der Waals surface area (Å²) in [7, 11) is 0. The Hall–Kier alpha value is -2.60. The third kappa shape index (κ3) is 3.12. The molecule has 0 N–H and O–H groups in total. The van der Waals surface area contributed by atoms with Gasteiger partial charge in [-0.25, -0.2) is 0 Å². The highest BCUT2D eigenvalue weighted by atomic mass is 16.4. The van der Waals surface area contributed by atoms with Gasteiger partial charge in [0.15, 0.2) is 0 Å². The number of likely N-dealkylation sites (tertiary alicyclic amines) is 1. The Labute approximate surface area is 134 Å². The minimum atomic E-state index is 0.296.